The van der Waals surface area contributed by atoms with Crippen molar-refractivity contribution in [2.24, 2.45) is 4.99 Å². The smallest absolute Gasteiger partial charge is 0.285 e. The third-order valence-corrected chi connectivity index (χ3v) is 8.59. The highest BCUT2D eigenvalue weighted by molar-refractivity contribution is 8.16. The Morgan fingerprint density at radius 3 is 2.60 bits per heavy atom. The molecule has 0 bridgehead atoms. The fourth-order valence-corrected chi connectivity index (χ4v) is 7.72. The van der Waals surface area contributed by atoms with E-state index < -0.39 is 15.7 Å². The van der Waals surface area contributed by atoms with E-state index in [2.05, 4.69) is 4.99 Å². The topological polar surface area (TPSA) is 76.0 Å². The number of anilines is 1. The van der Waals surface area contributed by atoms with Crippen LogP contribution in [0.5, 0.6) is 5.75 Å². The Hall–Kier alpha value is -1.74. The van der Waals surface area contributed by atoms with E-state index in [1.165, 1.54) is 11.8 Å². The average Bonchev–Trinajstić information content (AvgIpc) is 3.14. The Morgan fingerprint density at radius 1 is 1.17 bits per heavy atom. The van der Waals surface area contributed by atoms with Gasteiger partial charge in [0.05, 0.1) is 17.5 Å². The second kappa shape index (κ2) is 8.42. The molecule has 0 aromatic heterocycles. The third kappa shape index (κ3) is 4.61. The lowest BCUT2D eigenvalue weighted by Crippen LogP contribution is -2.38. The molecule has 158 valence electrons. The molecule has 0 saturated carbocycles. The van der Waals surface area contributed by atoms with Crippen LogP contribution >= 0.6 is 35.0 Å². The Labute approximate surface area is 189 Å². The number of benzene rings is 2. The van der Waals surface area contributed by atoms with Gasteiger partial charge in [-0.05, 0) is 48.9 Å². The van der Waals surface area contributed by atoms with Gasteiger partial charge in [0.15, 0.2) is 21.6 Å². The van der Waals surface area contributed by atoms with Crippen LogP contribution < -0.4 is 9.64 Å². The van der Waals surface area contributed by atoms with Gasteiger partial charge in [0.25, 0.3) is 5.91 Å². The lowest BCUT2D eigenvalue weighted by atomic mass is 10.1. The lowest BCUT2D eigenvalue weighted by molar-refractivity contribution is -0.119. The number of rotatable bonds is 4. The predicted octanol–water partition coefficient (Wildman–Crippen LogP) is 3.98. The number of halogens is 2. The summed E-state index contributed by atoms with van der Waals surface area (Å²) in [5, 5.41) is 1.39. The van der Waals surface area contributed by atoms with Crippen LogP contribution in [0.1, 0.15) is 5.56 Å². The number of hydrogen-bond acceptors (Lipinski definition) is 5. The molecule has 10 heteroatoms. The fraction of sp³-hybridized carbons (Fsp3) is 0.300. The Kier molecular flexibility index (Phi) is 6.03. The van der Waals surface area contributed by atoms with Gasteiger partial charge < -0.3 is 9.64 Å². The SMILES string of the molecule is Cc1ccc(Cl)cc1N1C(=NC(=O)COc2ccc(Cl)cc2)S[C@@H]2CS(=O)(=O)C[C@@H]21. The van der Waals surface area contributed by atoms with Gasteiger partial charge in [-0.1, -0.05) is 41.0 Å². The molecular formula is C20H18Cl2N2O4S2. The summed E-state index contributed by atoms with van der Waals surface area (Å²) < 4.78 is 29.8. The summed E-state index contributed by atoms with van der Waals surface area (Å²) >= 11 is 13.3. The van der Waals surface area contributed by atoms with Crippen molar-refractivity contribution < 1.29 is 17.9 Å². The summed E-state index contributed by atoms with van der Waals surface area (Å²) in [7, 11) is -3.14. The van der Waals surface area contributed by atoms with E-state index in [1.54, 1.807) is 36.4 Å². The van der Waals surface area contributed by atoms with Gasteiger partial charge in [-0.3, -0.25) is 4.79 Å². The van der Waals surface area contributed by atoms with Gasteiger partial charge in [-0.25, -0.2) is 8.42 Å². The number of carbonyl (C=O) groups excluding carboxylic acids is 1. The van der Waals surface area contributed by atoms with E-state index in [0.717, 1.165) is 11.3 Å². The Bertz CT molecular complexity index is 1120. The molecule has 0 radical (unpaired) electrons. The van der Waals surface area contributed by atoms with Crippen molar-refractivity contribution in [3.63, 3.8) is 0 Å². The van der Waals surface area contributed by atoms with Crippen LogP contribution in [0.4, 0.5) is 5.69 Å². The van der Waals surface area contributed by atoms with Crippen molar-refractivity contribution in [1.29, 1.82) is 0 Å². The first kappa shape index (κ1) is 21.5. The Balaban J connectivity index is 1.59. The van der Waals surface area contributed by atoms with Gasteiger partial charge in [-0.15, -0.1) is 0 Å². The molecule has 6 nitrogen and oxygen atoms in total. The average molecular weight is 485 g/mol. The van der Waals surface area contributed by atoms with Gasteiger partial charge in [0, 0.05) is 21.0 Å². The molecule has 0 N–H and O–H groups in total. The standard InChI is InChI=1S/C20H18Cl2N2O4S2/c1-12-2-3-14(22)8-16(12)24-17-10-30(26,27)11-18(17)29-20(24)23-19(25)9-28-15-6-4-13(21)5-7-15/h2-8,17-18H,9-11H2,1H3/t17-,18+/m0/s1. The highest BCUT2D eigenvalue weighted by atomic mass is 35.5. The second-order valence-corrected chi connectivity index (χ2v) is 11.4. The normalized spacial score (nSPS) is 23.6. The van der Waals surface area contributed by atoms with Crippen LogP contribution in [0.3, 0.4) is 0 Å². The largest absolute Gasteiger partial charge is 0.484 e. The number of fused-ring (bicyclic) bond motifs is 1. The van der Waals surface area contributed by atoms with E-state index in [9.17, 15) is 13.2 Å². The van der Waals surface area contributed by atoms with Crippen molar-refractivity contribution in [1.82, 2.24) is 0 Å². The molecule has 0 spiro atoms. The summed E-state index contributed by atoms with van der Waals surface area (Å²) in [6.45, 7) is 1.68. The monoisotopic (exact) mass is 484 g/mol. The Morgan fingerprint density at radius 2 is 1.87 bits per heavy atom. The molecule has 2 atom stereocenters. The van der Waals surface area contributed by atoms with Gasteiger partial charge in [0.2, 0.25) is 0 Å². The van der Waals surface area contributed by atoms with Gasteiger partial charge >= 0.3 is 0 Å². The lowest BCUT2D eigenvalue weighted by Gasteiger charge is -2.26. The molecule has 2 aliphatic heterocycles. The van der Waals surface area contributed by atoms with E-state index in [1.807, 2.05) is 17.9 Å². The van der Waals surface area contributed by atoms with E-state index in [4.69, 9.17) is 27.9 Å². The zero-order chi connectivity index (χ0) is 21.5. The van der Waals surface area contributed by atoms with Crippen molar-refractivity contribution in [2.45, 2.75) is 18.2 Å². The zero-order valence-corrected chi connectivity index (χ0v) is 19.1. The first-order valence-electron chi connectivity index (χ1n) is 9.14. The van der Waals surface area contributed by atoms with Crippen molar-refractivity contribution in [2.75, 3.05) is 23.0 Å². The summed E-state index contributed by atoms with van der Waals surface area (Å²) in [5.41, 5.74) is 1.67. The summed E-state index contributed by atoms with van der Waals surface area (Å²) in [5.74, 6) is 0.135. The van der Waals surface area contributed by atoms with Crippen LogP contribution in [0.15, 0.2) is 47.5 Å². The maximum atomic E-state index is 12.5. The number of sulfone groups is 1. The van der Waals surface area contributed by atoms with Crippen molar-refractivity contribution in [3.8, 4) is 5.75 Å². The van der Waals surface area contributed by atoms with Gasteiger partial charge in [-0.2, -0.15) is 4.99 Å². The zero-order valence-electron chi connectivity index (χ0n) is 15.9. The molecular weight excluding hydrogens is 467 g/mol. The third-order valence-electron chi connectivity index (χ3n) is 4.89. The number of thioether (sulfide) groups is 1. The van der Waals surface area contributed by atoms with Crippen LogP contribution in [0, 0.1) is 6.92 Å². The number of aliphatic imine (C=N–C) groups is 1. The van der Waals surface area contributed by atoms with Crippen LogP contribution in [-0.4, -0.2) is 48.9 Å². The van der Waals surface area contributed by atoms with E-state index >= 15 is 0 Å². The van der Waals surface area contributed by atoms with Crippen molar-refractivity contribution >= 4 is 61.6 Å². The molecule has 2 aliphatic rings. The number of hydrogen-bond donors (Lipinski definition) is 0. The van der Waals surface area contributed by atoms with Crippen LogP contribution in [0.2, 0.25) is 10.0 Å². The van der Waals surface area contributed by atoms with E-state index in [0.29, 0.717) is 21.0 Å². The molecule has 0 aliphatic carbocycles. The quantitative estimate of drug-likeness (QED) is 0.652. The minimum atomic E-state index is -3.14. The maximum absolute atomic E-state index is 12.5. The highest BCUT2D eigenvalue weighted by Crippen LogP contribution is 2.42. The van der Waals surface area contributed by atoms with Crippen molar-refractivity contribution in [3.05, 3.63) is 58.1 Å². The number of aryl methyl sites for hydroxylation is 1. The first-order chi connectivity index (χ1) is 14.2. The summed E-state index contributed by atoms with van der Waals surface area (Å²) in [6, 6.07) is 11.8. The number of nitrogens with zero attached hydrogens (tertiary/aromatic N) is 2. The van der Waals surface area contributed by atoms with Crippen LogP contribution in [-0.2, 0) is 14.6 Å². The summed E-state index contributed by atoms with van der Waals surface area (Å²) in [4.78, 5) is 18.6. The fourth-order valence-electron chi connectivity index (χ4n) is 3.50. The first-order valence-corrected chi connectivity index (χ1v) is 12.6. The number of amidine groups is 1. The van der Waals surface area contributed by atoms with Gasteiger partial charge in [0.1, 0.15) is 5.75 Å². The molecule has 2 saturated heterocycles. The molecule has 2 fully saturated rings. The number of carbonyl (C=O) groups is 1. The van der Waals surface area contributed by atoms with E-state index in [-0.39, 0.29) is 29.4 Å². The second-order valence-electron chi connectivity index (χ2n) is 7.13. The molecule has 30 heavy (non-hydrogen) atoms. The highest BCUT2D eigenvalue weighted by Gasteiger charge is 2.49. The molecule has 1 amide bonds. The number of amides is 1. The van der Waals surface area contributed by atoms with Crippen LogP contribution in [0.25, 0.3) is 0 Å². The molecule has 4 rings (SSSR count). The minimum Gasteiger partial charge on any atom is -0.484 e. The molecule has 2 aromatic rings. The molecule has 0 unspecified atom stereocenters. The number of ether oxygens (including phenoxy) is 1. The molecule has 2 heterocycles. The molecule has 2 aromatic carbocycles. The maximum Gasteiger partial charge on any atom is 0.285 e. The summed E-state index contributed by atoms with van der Waals surface area (Å²) in [6.07, 6.45) is 0. The predicted molar refractivity (Wildman–Crippen MR) is 122 cm³/mol. The minimum absolute atomic E-state index is 0.0190.